The molecule has 0 bridgehead atoms. The predicted molar refractivity (Wildman–Crippen MR) is 112 cm³/mol. The molecule has 6 nitrogen and oxygen atoms in total. The Kier molecular flexibility index (Phi) is 5.14. The number of fused-ring (bicyclic) bond motifs is 1. The fourth-order valence-electron chi connectivity index (χ4n) is 3.90. The van der Waals surface area contributed by atoms with E-state index < -0.39 is 7.12 Å². The highest BCUT2D eigenvalue weighted by atomic mass is 16.5. The van der Waals surface area contributed by atoms with Crippen molar-refractivity contribution < 1.29 is 14.8 Å². The van der Waals surface area contributed by atoms with Crippen molar-refractivity contribution in [2.75, 3.05) is 31.2 Å². The molecule has 0 saturated carbocycles. The standard InChI is InChI=1S/C21H26BN3O3/c1-14-5-4-6-17(15(14)2)13-25-16(3)23-21-19(22(26)27)11-18(12-20(21)25)24-7-9-28-10-8-24/h4-6,11-12,26-27H,7-10,13H2,1-3H3. The second-order valence-corrected chi connectivity index (χ2v) is 7.48. The van der Waals surface area contributed by atoms with Crippen molar-refractivity contribution in [1.82, 2.24) is 9.55 Å². The van der Waals surface area contributed by atoms with Gasteiger partial charge in [-0.1, -0.05) is 18.2 Å². The van der Waals surface area contributed by atoms with Gasteiger partial charge in [0.25, 0.3) is 0 Å². The number of imidazole rings is 1. The van der Waals surface area contributed by atoms with Crippen LogP contribution in [0.4, 0.5) is 5.69 Å². The Balaban J connectivity index is 1.85. The summed E-state index contributed by atoms with van der Waals surface area (Å²) in [6, 6.07) is 10.3. The van der Waals surface area contributed by atoms with Crippen LogP contribution in [0.3, 0.4) is 0 Å². The highest BCUT2D eigenvalue weighted by Crippen LogP contribution is 2.25. The normalized spacial score (nSPS) is 14.7. The van der Waals surface area contributed by atoms with Crippen LogP contribution in [0.15, 0.2) is 30.3 Å². The number of aryl methyl sites for hydroxylation is 2. The van der Waals surface area contributed by atoms with E-state index in [1.807, 2.05) is 13.0 Å². The molecule has 1 saturated heterocycles. The summed E-state index contributed by atoms with van der Waals surface area (Å²) in [6.07, 6.45) is 0. The fourth-order valence-corrected chi connectivity index (χ4v) is 3.90. The molecule has 2 N–H and O–H groups in total. The summed E-state index contributed by atoms with van der Waals surface area (Å²) in [6.45, 7) is 9.85. The Hall–Kier alpha value is -2.35. The predicted octanol–water partition coefficient (Wildman–Crippen LogP) is 1.53. The number of hydrogen-bond donors (Lipinski definition) is 2. The van der Waals surface area contributed by atoms with Gasteiger partial charge in [0, 0.05) is 30.8 Å². The lowest BCUT2D eigenvalue weighted by molar-refractivity contribution is 0.122. The maximum absolute atomic E-state index is 9.98. The quantitative estimate of drug-likeness (QED) is 0.673. The molecule has 0 amide bonds. The molecule has 0 unspecified atom stereocenters. The summed E-state index contributed by atoms with van der Waals surface area (Å²) in [5.74, 6) is 0.858. The van der Waals surface area contributed by atoms with Crippen molar-refractivity contribution in [1.29, 1.82) is 0 Å². The third kappa shape index (κ3) is 3.41. The second kappa shape index (κ2) is 7.58. The molecule has 1 aliphatic heterocycles. The number of rotatable bonds is 4. The van der Waals surface area contributed by atoms with Gasteiger partial charge in [0.2, 0.25) is 0 Å². The van der Waals surface area contributed by atoms with E-state index >= 15 is 0 Å². The van der Waals surface area contributed by atoms with Crippen molar-refractivity contribution in [3.05, 3.63) is 52.8 Å². The summed E-state index contributed by atoms with van der Waals surface area (Å²) >= 11 is 0. The van der Waals surface area contributed by atoms with Gasteiger partial charge in [0.05, 0.1) is 24.2 Å². The molecule has 0 radical (unpaired) electrons. The minimum atomic E-state index is -1.56. The highest BCUT2D eigenvalue weighted by molar-refractivity contribution is 6.61. The van der Waals surface area contributed by atoms with Gasteiger partial charge >= 0.3 is 7.12 Å². The van der Waals surface area contributed by atoms with Gasteiger partial charge in [-0.05, 0) is 49.6 Å². The molecule has 146 valence electrons. The molecule has 1 fully saturated rings. The number of hydrogen-bond acceptors (Lipinski definition) is 5. The molecule has 0 aliphatic carbocycles. The fraction of sp³-hybridized carbons (Fsp3) is 0.381. The lowest BCUT2D eigenvalue weighted by atomic mass is 9.79. The number of nitrogens with zero attached hydrogens (tertiary/aromatic N) is 3. The first-order valence-corrected chi connectivity index (χ1v) is 9.70. The van der Waals surface area contributed by atoms with Gasteiger partial charge in [-0.25, -0.2) is 4.98 Å². The van der Waals surface area contributed by atoms with Gasteiger partial charge in [-0.2, -0.15) is 0 Å². The van der Waals surface area contributed by atoms with Crippen molar-refractivity contribution in [3.63, 3.8) is 0 Å². The van der Waals surface area contributed by atoms with Crippen LogP contribution in [0.2, 0.25) is 0 Å². The maximum atomic E-state index is 9.98. The largest absolute Gasteiger partial charge is 0.490 e. The van der Waals surface area contributed by atoms with Crippen LogP contribution in [0.5, 0.6) is 0 Å². The van der Waals surface area contributed by atoms with Gasteiger partial charge in [0.1, 0.15) is 5.82 Å². The molecular weight excluding hydrogens is 353 g/mol. The molecule has 1 aliphatic rings. The topological polar surface area (TPSA) is 70.8 Å². The van der Waals surface area contributed by atoms with Crippen LogP contribution in [-0.2, 0) is 11.3 Å². The molecular formula is C21H26BN3O3. The number of benzene rings is 2. The van der Waals surface area contributed by atoms with Crippen LogP contribution >= 0.6 is 0 Å². The SMILES string of the molecule is Cc1cccc(Cn2c(C)nc3c(B(O)O)cc(N4CCOCC4)cc32)c1C. The van der Waals surface area contributed by atoms with Gasteiger partial charge in [-0.3, -0.25) is 0 Å². The zero-order valence-corrected chi connectivity index (χ0v) is 16.6. The maximum Gasteiger partial charge on any atom is 0.490 e. The van der Waals surface area contributed by atoms with E-state index in [1.54, 1.807) is 0 Å². The molecule has 0 atom stereocenters. The first kappa shape index (κ1) is 19.0. The van der Waals surface area contributed by atoms with Crippen LogP contribution in [0.1, 0.15) is 22.5 Å². The van der Waals surface area contributed by atoms with E-state index in [4.69, 9.17) is 4.74 Å². The zero-order chi connectivity index (χ0) is 19.8. The van der Waals surface area contributed by atoms with Crippen molar-refractivity contribution in [2.45, 2.75) is 27.3 Å². The molecule has 4 rings (SSSR count). The molecule has 28 heavy (non-hydrogen) atoms. The van der Waals surface area contributed by atoms with Crippen LogP contribution in [-0.4, -0.2) is 53.0 Å². The molecule has 0 spiro atoms. The van der Waals surface area contributed by atoms with E-state index in [9.17, 15) is 10.0 Å². The molecule has 3 aromatic rings. The Morgan fingerprint density at radius 2 is 1.86 bits per heavy atom. The number of morpholine rings is 1. The summed E-state index contributed by atoms with van der Waals surface area (Å²) in [5.41, 5.74) is 6.77. The Morgan fingerprint density at radius 1 is 1.11 bits per heavy atom. The zero-order valence-electron chi connectivity index (χ0n) is 16.6. The van der Waals surface area contributed by atoms with E-state index in [2.05, 4.69) is 52.6 Å². The van der Waals surface area contributed by atoms with Gasteiger partial charge < -0.3 is 24.3 Å². The minimum Gasteiger partial charge on any atom is -0.423 e. The van der Waals surface area contributed by atoms with E-state index in [-0.39, 0.29) is 0 Å². The van der Waals surface area contributed by atoms with E-state index in [0.29, 0.717) is 30.7 Å². The smallest absolute Gasteiger partial charge is 0.423 e. The Bertz CT molecular complexity index is 1010. The van der Waals surface area contributed by atoms with Crippen LogP contribution < -0.4 is 10.4 Å². The number of ether oxygens (including phenoxy) is 1. The lowest BCUT2D eigenvalue weighted by Gasteiger charge is -2.29. The van der Waals surface area contributed by atoms with Crippen molar-refractivity contribution in [2.24, 2.45) is 0 Å². The molecule has 2 heterocycles. The van der Waals surface area contributed by atoms with Crippen LogP contribution in [0, 0.1) is 20.8 Å². The van der Waals surface area contributed by atoms with Gasteiger partial charge in [-0.15, -0.1) is 0 Å². The average molecular weight is 379 g/mol. The Labute approximate surface area is 165 Å². The lowest BCUT2D eigenvalue weighted by Crippen LogP contribution is -2.38. The summed E-state index contributed by atoms with van der Waals surface area (Å²) < 4.78 is 7.62. The first-order chi connectivity index (χ1) is 13.5. The molecule has 7 heteroatoms. The van der Waals surface area contributed by atoms with Gasteiger partial charge in [0.15, 0.2) is 0 Å². The third-order valence-electron chi connectivity index (χ3n) is 5.76. The number of aromatic nitrogens is 2. The van der Waals surface area contributed by atoms with Crippen LogP contribution in [0.25, 0.3) is 11.0 Å². The summed E-state index contributed by atoms with van der Waals surface area (Å²) in [4.78, 5) is 6.89. The monoisotopic (exact) mass is 379 g/mol. The van der Waals surface area contributed by atoms with E-state index in [1.165, 1.54) is 16.7 Å². The average Bonchev–Trinajstić information content (AvgIpc) is 3.00. The van der Waals surface area contributed by atoms with Crippen molar-refractivity contribution >= 4 is 29.3 Å². The summed E-state index contributed by atoms with van der Waals surface area (Å²) in [5, 5.41) is 20.0. The summed E-state index contributed by atoms with van der Waals surface area (Å²) in [7, 11) is -1.56. The molecule has 2 aromatic carbocycles. The second-order valence-electron chi connectivity index (χ2n) is 7.48. The minimum absolute atomic E-state index is 0.446. The first-order valence-electron chi connectivity index (χ1n) is 9.70. The van der Waals surface area contributed by atoms with E-state index in [0.717, 1.165) is 30.1 Å². The molecule has 1 aromatic heterocycles. The highest BCUT2D eigenvalue weighted by Gasteiger charge is 2.23. The Morgan fingerprint density at radius 3 is 2.57 bits per heavy atom. The number of anilines is 1. The third-order valence-corrected chi connectivity index (χ3v) is 5.76. The van der Waals surface area contributed by atoms with Crippen molar-refractivity contribution in [3.8, 4) is 0 Å².